The second-order valence-corrected chi connectivity index (χ2v) is 4.03. The molecule has 0 radical (unpaired) electrons. The minimum atomic E-state index is 0.451. The van der Waals surface area contributed by atoms with Crippen LogP contribution in [0.3, 0.4) is 0 Å². The van der Waals surface area contributed by atoms with Crippen molar-refractivity contribution in [1.29, 1.82) is 0 Å². The van der Waals surface area contributed by atoms with Gasteiger partial charge in [0.15, 0.2) is 0 Å². The molecule has 2 rings (SSSR count). The van der Waals surface area contributed by atoms with E-state index in [1.807, 2.05) is 0 Å². The first kappa shape index (κ1) is 8.09. The van der Waals surface area contributed by atoms with Crippen LogP contribution in [0.4, 0.5) is 0 Å². The molecule has 12 heavy (non-hydrogen) atoms. The Balaban J connectivity index is 2.08. The Morgan fingerprint density at radius 1 is 1.33 bits per heavy atom. The minimum Gasteiger partial charge on any atom is -0.356 e. The van der Waals surface area contributed by atoms with Crippen molar-refractivity contribution < 1.29 is 0 Å². The molecule has 0 unspecified atom stereocenters. The molecule has 0 saturated heterocycles. The van der Waals surface area contributed by atoms with Crippen LogP contribution in [0.15, 0.2) is 4.99 Å². The van der Waals surface area contributed by atoms with Crippen molar-refractivity contribution in [2.75, 3.05) is 13.1 Å². The van der Waals surface area contributed by atoms with Crippen molar-refractivity contribution in [3.63, 3.8) is 0 Å². The quantitative estimate of drug-likeness (QED) is 0.582. The fourth-order valence-electron chi connectivity index (χ4n) is 2.59. The van der Waals surface area contributed by atoms with Crippen LogP contribution < -0.4 is 0 Å². The number of rotatable bonds is 1. The van der Waals surface area contributed by atoms with E-state index in [4.69, 9.17) is 0 Å². The topological polar surface area (TPSA) is 15.6 Å². The standard InChI is InChI=1S/C10H18N2/c1-2-12-9-11-8-10(12)6-4-3-5-7-10/h9H,2-8H2,1H3. The lowest BCUT2D eigenvalue weighted by atomic mass is 9.81. The van der Waals surface area contributed by atoms with Gasteiger partial charge >= 0.3 is 0 Å². The average molecular weight is 166 g/mol. The average Bonchev–Trinajstić information content (AvgIpc) is 2.49. The summed E-state index contributed by atoms with van der Waals surface area (Å²) in [6.07, 6.45) is 9.02. The van der Waals surface area contributed by atoms with Gasteiger partial charge in [-0.05, 0) is 19.8 Å². The highest BCUT2D eigenvalue weighted by atomic mass is 15.3. The highest BCUT2D eigenvalue weighted by molar-refractivity contribution is 5.59. The molecule has 0 atom stereocenters. The number of hydrogen-bond donors (Lipinski definition) is 0. The van der Waals surface area contributed by atoms with E-state index in [1.54, 1.807) is 0 Å². The summed E-state index contributed by atoms with van der Waals surface area (Å²) in [6, 6.07) is 0. The number of likely N-dealkylation sites (N-methyl/N-ethyl adjacent to an activating group) is 1. The first-order chi connectivity index (χ1) is 5.87. The Kier molecular flexibility index (Phi) is 2.07. The maximum Gasteiger partial charge on any atom is 0.0856 e. The molecule has 1 heterocycles. The third-order valence-electron chi connectivity index (χ3n) is 3.34. The van der Waals surface area contributed by atoms with Gasteiger partial charge in [-0.25, -0.2) is 0 Å². The zero-order valence-corrected chi connectivity index (χ0v) is 7.92. The van der Waals surface area contributed by atoms with E-state index in [9.17, 15) is 0 Å². The fraction of sp³-hybridized carbons (Fsp3) is 0.900. The van der Waals surface area contributed by atoms with Crippen LogP contribution >= 0.6 is 0 Å². The zero-order valence-electron chi connectivity index (χ0n) is 7.92. The van der Waals surface area contributed by atoms with Gasteiger partial charge in [0.2, 0.25) is 0 Å². The molecule has 2 nitrogen and oxygen atoms in total. The van der Waals surface area contributed by atoms with Crippen molar-refractivity contribution >= 4 is 6.34 Å². The molecule has 2 aliphatic rings. The molecule has 68 valence electrons. The van der Waals surface area contributed by atoms with Crippen LogP contribution in [-0.2, 0) is 0 Å². The van der Waals surface area contributed by atoms with Crippen LogP contribution in [0.1, 0.15) is 39.0 Å². The summed E-state index contributed by atoms with van der Waals surface area (Å²) in [5.41, 5.74) is 0.451. The van der Waals surface area contributed by atoms with E-state index < -0.39 is 0 Å². The fourth-order valence-corrected chi connectivity index (χ4v) is 2.59. The highest BCUT2D eigenvalue weighted by Gasteiger charge is 2.38. The highest BCUT2D eigenvalue weighted by Crippen LogP contribution is 2.35. The van der Waals surface area contributed by atoms with Crippen LogP contribution in [0.25, 0.3) is 0 Å². The van der Waals surface area contributed by atoms with E-state index in [0.29, 0.717) is 5.54 Å². The molecule has 1 saturated carbocycles. The van der Waals surface area contributed by atoms with Crippen LogP contribution in [0.5, 0.6) is 0 Å². The lowest BCUT2D eigenvalue weighted by Gasteiger charge is -2.40. The largest absolute Gasteiger partial charge is 0.356 e. The van der Waals surface area contributed by atoms with Crippen molar-refractivity contribution in [2.45, 2.75) is 44.6 Å². The van der Waals surface area contributed by atoms with Crippen molar-refractivity contribution in [3.05, 3.63) is 0 Å². The number of nitrogens with zero attached hydrogens (tertiary/aromatic N) is 2. The van der Waals surface area contributed by atoms with Crippen LogP contribution in [-0.4, -0.2) is 29.9 Å². The maximum absolute atomic E-state index is 4.41. The van der Waals surface area contributed by atoms with Crippen LogP contribution in [0, 0.1) is 0 Å². The van der Waals surface area contributed by atoms with Crippen molar-refractivity contribution in [3.8, 4) is 0 Å². The van der Waals surface area contributed by atoms with Gasteiger partial charge in [-0.1, -0.05) is 19.3 Å². The summed E-state index contributed by atoms with van der Waals surface area (Å²) < 4.78 is 0. The number of aliphatic imine (C=N–C) groups is 1. The van der Waals surface area contributed by atoms with Gasteiger partial charge in [-0.15, -0.1) is 0 Å². The molecule has 1 fully saturated rings. The van der Waals surface area contributed by atoms with E-state index in [2.05, 4.69) is 23.2 Å². The Hall–Kier alpha value is -0.530. The summed E-state index contributed by atoms with van der Waals surface area (Å²) in [5.74, 6) is 0. The second-order valence-electron chi connectivity index (χ2n) is 4.03. The smallest absolute Gasteiger partial charge is 0.0856 e. The zero-order chi connectivity index (χ0) is 8.44. The van der Waals surface area contributed by atoms with Gasteiger partial charge < -0.3 is 4.90 Å². The van der Waals surface area contributed by atoms with Crippen molar-refractivity contribution in [2.24, 2.45) is 4.99 Å². The minimum absolute atomic E-state index is 0.451. The summed E-state index contributed by atoms with van der Waals surface area (Å²) >= 11 is 0. The van der Waals surface area contributed by atoms with Gasteiger partial charge in [0, 0.05) is 6.54 Å². The van der Waals surface area contributed by atoms with E-state index >= 15 is 0 Å². The van der Waals surface area contributed by atoms with Gasteiger partial charge in [-0.2, -0.15) is 0 Å². The number of hydrogen-bond acceptors (Lipinski definition) is 2. The van der Waals surface area contributed by atoms with Gasteiger partial charge in [0.25, 0.3) is 0 Å². The normalized spacial score (nSPS) is 26.9. The van der Waals surface area contributed by atoms with Crippen LogP contribution in [0.2, 0.25) is 0 Å². The monoisotopic (exact) mass is 166 g/mol. The third kappa shape index (κ3) is 1.13. The van der Waals surface area contributed by atoms with Gasteiger partial charge in [-0.3, -0.25) is 4.99 Å². The lowest BCUT2D eigenvalue weighted by Crippen LogP contribution is -2.47. The molecule has 0 amide bonds. The molecule has 0 N–H and O–H groups in total. The van der Waals surface area contributed by atoms with E-state index in [0.717, 1.165) is 13.1 Å². The second kappa shape index (κ2) is 3.08. The van der Waals surface area contributed by atoms with Gasteiger partial charge in [0.1, 0.15) is 0 Å². The molecule has 1 aliphatic carbocycles. The molecule has 2 heteroatoms. The molecular formula is C10H18N2. The predicted octanol–water partition coefficient (Wildman–Crippen LogP) is 2.05. The summed E-state index contributed by atoms with van der Waals surface area (Å²) in [5, 5.41) is 0. The Morgan fingerprint density at radius 3 is 2.75 bits per heavy atom. The predicted molar refractivity (Wildman–Crippen MR) is 51.6 cm³/mol. The third-order valence-corrected chi connectivity index (χ3v) is 3.34. The molecule has 1 spiro atoms. The first-order valence-corrected chi connectivity index (χ1v) is 5.14. The Labute approximate surface area is 74.7 Å². The SMILES string of the molecule is CCN1C=NCC12CCCCC2. The Bertz CT molecular complexity index is 180. The summed E-state index contributed by atoms with van der Waals surface area (Å²) in [4.78, 5) is 6.86. The molecule has 0 aromatic rings. The molecule has 1 aliphatic heterocycles. The van der Waals surface area contributed by atoms with Gasteiger partial charge in [0.05, 0.1) is 18.4 Å². The molecule has 0 aromatic carbocycles. The first-order valence-electron chi connectivity index (χ1n) is 5.14. The molecule has 0 aromatic heterocycles. The maximum atomic E-state index is 4.41. The summed E-state index contributed by atoms with van der Waals surface area (Å²) in [7, 11) is 0. The Morgan fingerprint density at radius 2 is 2.08 bits per heavy atom. The molecular weight excluding hydrogens is 148 g/mol. The van der Waals surface area contributed by atoms with Crippen molar-refractivity contribution in [1.82, 2.24) is 4.90 Å². The van der Waals surface area contributed by atoms with E-state index in [1.165, 1.54) is 32.1 Å². The molecule has 0 bridgehead atoms. The lowest BCUT2D eigenvalue weighted by molar-refractivity contribution is 0.152. The van der Waals surface area contributed by atoms with E-state index in [-0.39, 0.29) is 0 Å². The summed E-state index contributed by atoms with van der Waals surface area (Å²) in [6.45, 7) is 4.41.